The molecule has 0 aliphatic carbocycles. The lowest BCUT2D eigenvalue weighted by Gasteiger charge is -2.35. The third-order valence-electron chi connectivity index (χ3n) is 3.80. The molecule has 0 aromatic heterocycles. The summed E-state index contributed by atoms with van der Waals surface area (Å²) in [5, 5.41) is 11.2. The quantitative estimate of drug-likeness (QED) is 0.479. The highest BCUT2D eigenvalue weighted by molar-refractivity contribution is 6.04. The number of nitrogens with zero attached hydrogens (tertiary/aromatic N) is 2. The molecule has 130 valence electrons. The van der Waals surface area contributed by atoms with Gasteiger partial charge >= 0.3 is 6.09 Å². The van der Waals surface area contributed by atoms with Crippen LogP contribution in [0.15, 0.2) is 24.3 Å². The molecular formula is C17H22N2O5. The van der Waals surface area contributed by atoms with Crippen molar-refractivity contribution in [3.05, 3.63) is 39.9 Å². The number of nitro groups is 1. The summed E-state index contributed by atoms with van der Waals surface area (Å²) in [4.78, 5) is 37.2. The Morgan fingerprint density at radius 3 is 2.54 bits per heavy atom. The minimum atomic E-state index is -0.727. The zero-order valence-electron chi connectivity index (χ0n) is 14.2. The van der Waals surface area contributed by atoms with Crippen LogP contribution in [0.1, 0.15) is 50.4 Å². The molecule has 0 bridgehead atoms. The van der Waals surface area contributed by atoms with Gasteiger partial charge in [0, 0.05) is 12.6 Å². The van der Waals surface area contributed by atoms with Crippen LogP contribution in [0, 0.1) is 10.1 Å². The number of carbonyl (C=O) groups excluding carboxylic acids is 2. The summed E-state index contributed by atoms with van der Waals surface area (Å²) in [6, 6.07) is 5.10. The number of rotatable bonds is 3. The van der Waals surface area contributed by atoms with E-state index in [4.69, 9.17) is 4.74 Å². The summed E-state index contributed by atoms with van der Waals surface area (Å²) in [6.45, 7) is 5.68. The maximum absolute atomic E-state index is 12.9. The van der Waals surface area contributed by atoms with Crippen molar-refractivity contribution in [2.75, 3.05) is 6.54 Å². The molecule has 1 aromatic rings. The van der Waals surface area contributed by atoms with Crippen molar-refractivity contribution >= 4 is 17.6 Å². The highest BCUT2D eigenvalue weighted by Gasteiger charge is 2.37. The number of para-hydroxylation sites is 1. The zero-order valence-corrected chi connectivity index (χ0v) is 14.2. The predicted octanol–water partition coefficient (Wildman–Crippen LogP) is 3.57. The van der Waals surface area contributed by atoms with Gasteiger partial charge in [-0.25, -0.2) is 4.79 Å². The van der Waals surface area contributed by atoms with Gasteiger partial charge in [-0.1, -0.05) is 12.1 Å². The van der Waals surface area contributed by atoms with Crippen LogP contribution >= 0.6 is 0 Å². The third-order valence-corrected chi connectivity index (χ3v) is 3.80. The van der Waals surface area contributed by atoms with E-state index in [1.165, 1.54) is 23.1 Å². The molecule has 7 heteroatoms. The van der Waals surface area contributed by atoms with Crippen molar-refractivity contribution < 1.29 is 19.2 Å². The van der Waals surface area contributed by atoms with Gasteiger partial charge in [0.1, 0.15) is 5.60 Å². The van der Waals surface area contributed by atoms with Crippen LogP contribution in [-0.4, -0.2) is 39.9 Å². The van der Waals surface area contributed by atoms with Gasteiger partial charge in [0.2, 0.25) is 0 Å². The second-order valence-corrected chi connectivity index (χ2v) is 6.82. The van der Waals surface area contributed by atoms with Crippen molar-refractivity contribution in [2.24, 2.45) is 0 Å². The molecule has 24 heavy (non-hydrogen) atoms. The molecule has 7 nitrogen and oxygen atoms in total. The average Bonchev–Trinajstić information content (AvgIpc) is 2.52. The van der Waals surface area contributed by atoms with Crippen LogP contribution in [0.2, 0.25) is 0 Å². The molecule has 1 saturated heterocycles. The van der Waals surface area contributed by atoms with Crippen molar-refractivity contribution in [1.29, 1.82) is 0 Å². The molecule has 0 saturated carbocycles. The minimum Gasteiger partial charge on any atom is -0.444 e. The third kappa shape index (κ3) is 4.10. The fourth-order valence-electron chi connectivity index (χ4n) is 2.76. The van der Waals surface area contributed by atoms with Gasteiger partial charge in [0.15, 0.2) is 5.78 Å². The Morgan fingerprint density at radius 2 is 1.92 bits per heavy atom. The van der Waals surface area contributed by atoms with E-state index < -0.39 is 28.4 Å². The van der Waals surface area contributed by atoms with E-state index in [9.17, 15) is 19.7 Å². The molecule has 0 N–H and O–H groups in total. The summed E-state index contributed by atoms with van der Waals surface area (Å²) < 4.78 is 5.37. The number of hydrogen-bond donors (Lipinski definition) is 0. The second-order valence-electron chi connectivity index (χ2n) is 6.82. The number of ketones is 1. The Labute approximate surface area is 140 Å². The lowest BCUT2D eigenvalue weighted by atomic mass is 9.94. The van der Waals surface area contributed by atoms with E-state index in [0.29, 0.717) is 13.0 Å². The number of carbonyl (C=O) groups is 2. The Kier molecular flexibility index (Phi) is 5.21. The first kappa shape index (κ1) is 17.9. The molecule has 1 fully saturated rings. The number of hydrogen-bond acceptors (Lipinski definition) is 5. The minimum absolute atomic E-state index is 0.0305. The predicted molar refractivity (Wildman–Crippen MR) is 88.0 cm³/mol. The van der Waals surface area contributed by atoms with Gasteiger partial charge < -0.3 is 4.74 Å². The highest BCUT2D eigenvalue weighted by atomic mass is 16.6. The smallest absolute Gasteiger partial charge is 0.410 e. The summed E-state index contributed by atoms with van der Waals surface area (Å²) >= 11 is 0. The number of nitro benzene ring substituents is 1. The van der Waals surface area contributed by atoms with Gasteiger partial charge in [-0.15, -0.1) is 0 Å². The monoisotopic (exact) mass is 334 g/mol. The van der Waals surface area contributed by atoms with E-state index in [1.807, 2.05) is 0 Å². The first-order valence-electron chi connectivity index (χ1n) is 7.98. The van der Waals surface area contributed by atoms with E-state index >= 15 is 0 Å². The maximum atomic E-state index is 12.9. The normalized spacial score (nSPS) is 18.1. The molecule has 1 aliphatic heterocycles. The highest BCUT2D eigenvalue weighted by Crippen LogP contribution is 2.27. The Morgan fingerprint density at radius 1 is 1.25 bits per heavy atom. The van der Waals surface area contributed by atoms with Crippen molar-refractivity contribution in [3.8, 4) is 0 Å². The first-order chi connectivity index (χ1) is 11.2. The zero-order chi connectivity index (χ0) is 17.9. The summed E-state index contributed by atoms with van der Waals surface area (Å²) in [5.74, 6) is -0.409. The molecule has 2 rings (SSSR count). The number of likely N-dealkylation sites (tertiary alicyclic amines) is 1. The lowest BCUT2D eigenvalue weighted by Crippen LogP contribution is -2.49. The molecule has 1 aliphatic rings. The Hall–Kier alpha value is -2.44. The Bertz CT molecular complexity index is 651. The molecule has 1 amide bonds. The fourth-order valence-corrected chi connectivity index (χ4v) is 2.76. The fraction of sp³-hybridized carbons (Fsp3) is 0.529. The van der Waals surface area contributed by atoms with E-state index in [2.05, 4.69) is 0 Å². The average molecular weight is 334 g/mol. The molecule has 1 atom stereocenters. The number of piperidine rings is 1. The number of benzene rings is 1. The molecule has 1 heterocycles. The van der Waals surface area contributed by atoms with Crippen LogP contribution in [0.4, 0.5) is 10.5 Å². The number of amides is 1. The number of Topliss-reactive ketones (excluding diaryl/α,β-unsaturated/α-hetero) is 1. The van der Waals surface area contributed by atoms with Gasteiger partial charge in [-0.05, 0) is 46.1 Å². The summed E-state index contributed by atoms with van der Waals surface area (Å²) in [7, 11) is 0. The van der Waals surface area contributed by atoms with Crippen molar-refractivity contribution in [2.45, 2.75) is 51.7 Å². The van der Waals surface area contributed by atoms with E-state index in [0.717, 1.165) is 12.8 Å². The molecule has 0 spiro atoms. The largest absolute Gasteiger partial charge is 0.444 e. The summed E-state index contributed by atoms with van der Waals surface area (Å²) in [5.41, 5.74) is -0.874. The molecular weight excluding hydrogens is 312 g/mol. The SMILES string of the molecule is CC(C)(C)OC(=O)N1CCCCC1C(=O)c1ccccc1[N+](=O)[O-]. The topological polar surface area (TPSA) is 89.8 Å². The van der Waals surface area contributed by atoms with Crippen LogP contribution in [0.5, 0.6) is 0 Å². The van der Waals surface area contributed by atoms with Crippen LogP contribution < -0.4 is 0 Å². The van der Waals surface area contributed by atoms with Gasteiger partial charge in [0.25, 0.3) is 5.69 Å². The van der Waals surface area contributed by atoms with Gasteiger partial charge in [-0.3, -0.25) is 19.8 Å². The first-order valence-corrected chi connectivity index (χ1v) is 7.98. The van der Waals surface area contributed by atoms with Crippen LogP contribution in [0.25, 0.3) is 0 Å². The standard InChI is InChI=1S/C17H22N2O5/c1-17(2,3)24-16(21)18-11-7-6-10-14(18)15(20)12-8-4-5-9-13(12)19(22)23/h4-5,8-9,14H,6-7,10-11H2,1-3H3. The van der Waals surface area contributed by atoms with Gasteiger partial charge in [0.05, 0.1) is 16.5 Å². The molecule has 0 radical (unpaired) electrons. The molecule has 1 aromatic carbocycles. The van der Waals surface area contributed by atoms with Crippen LogP contribution in [0.3, 0.4) is 0 Å². The van der Waals surface area contributed by atoms with Crippen molar-refractivity contribution in [3.63, 3.8) is 0 Å². The van der Waals surface area contributed by atoms with E-state index in [-0.39, 0.29) is 11.3 Å². The Balaban J connectivity index is 2.29. The lowest BCUT2D eigenvalue weighted by molar-refractivity contribution is -0.385. The molecule has 1 unspecified atom stereocenters. The number of ether oxygens (including phenoxy) is 1. The van der Waals surface area contributed by atoms with Crippen molar-refractivity contribution in [1.82, 2.24) is 4.90 Å². The maximum Gasteiger partial charge on any atom is 0.410 e. The van der Waals surface area contributed by atoms with Crippen LogP contribution in [-0.2, 0) is 4.74 Å². The van der Waals surface area contributed by atoms with Gasteiger partial charge in [-0.2, -0.15) is 0 Å². The van der Waals surface area contributed by atoms with E-state index in [1.54, 1.807) is 26.8 Å². The second kappa shape index (κ2) is 6.98. The summed E-state index contributed by atoms with van der Waals surface area (Å²) in [6.07, 6.45) is 1.49.